The quantitative estimate of drug-likeness (QED) is 0.830. The molecular weight excluding hydrogens is 240 g/mol. The van der Waals surface area contributed by atoms with Gasteiger partial charge in [0.25, 0.3) is 0 Å². The molecule has 0 spiro atoms. The average Bonchev–Trinajstić information content (AvgIpc) is 2.68. The second-order valence-electron chi connectivity index (χ2n) is 4.99. The van der Waals surface area contributed by atoms with Gasteiger partial charge in [0.05, 0.1) is 18.1 Å². The van der Waals surface area contributed by atoms with Crippen LogP contribution in [-0.4, -0.2) is 16.2 Å². The summed E-state index contributed by atoms with van der Waals surface area (Å²) in [6, 6.07) is 5.78. The van der Waals surface area contributed by atoms with Crippen molar-refractivity contribution in [3.63, 3.8) is 0 Å². The fraction of sp³-hybridized carbons (Fsp3) is 0.533. The molecule has 1 aromatic heterocycles. The van der Waals surface area contributed by atoms with E-state index in [1.165, 1.54) is 0 Å². The van der Waals surface area contributed by atoms with Crippen LogP contribution in [0, 0.1) is 5.92 Å². The van der Waals surface area contributed by atoms with Crippen molar-refractivity contribution in [2.45, 2.75) is 33.2 Å². The van der Waals surface area contributed by atoms with Crippen molar-refractivity contribution >= 4 is 11.0 Å². The molecule has 0 unspecified atom stereocenters. The largest absolute Gasteiger partial charge is 0.497 e. The van der Waals surface area contributed by atoms with E-state index in [0.717, 1.165) is 36.2 Å². The highest BCUT2D eigenvalue weighted by Gasteiger charge is 2.14. The van der Waals surface area contributed by atoms with Gasteiger partial charge in [0.15, 0.2) is 0 Å². The van der Waals surface area contributed by atoms with Crippen LogP contribution in [0.15, 0.2) is 23.0 Å². The summed E-state index contributed by atoms with van der Waals surface area (Å²) in [7, 11) is 3.47. The second-order valence-corrected chi connectivity index (χ2v) is 4.99. The molecule has 0 fully saturated rings. The molecule has 0 aliphatic carbocycles. The topological polar surface area (TPSA) is 36.2 Å². The van der Waals surface area contributed by atoms with Crippen molar-refractivity contribution in [3.8, 4) is 5.75 Å². The predicted molar refractivity (Wildman–Crippen MR) is 77.8 cm³/mol. The van der Waals surface area contributed by atoms with Crippen molar-refractivity contribution in [1.82, 2.24) is 9.13 Å². The number of fused-ring (bicyclic) bond motifs is 1. The second kappa shape index (κ2) is 5.51. The number of methoxy groups -OCH3 is 1. The Morgan fingerprint density at radius 2 is 1.89 bits per heavy atom. The van der Waals surface area contributed by atoms with E-state index in [9.17, 15) is 4.79 Å². The van der Waals surface area contributed by atoms with E-state index in [1.807, 2.05) is 29.8 Å². The Balaban J connectivity index is 2.58. The summed E-state index contributed by atoms with van der Waals surface area (Å²) in [5.74, 6) is 1.32. The molecule has 4 heteroatoms. The van der Waals surface area contributed by atoms with E-state index in [4.69, 9.17) is 4.74 Å². The first-order valence-electron chi connectivity index (χ1n) is 6.85. The number of imidazole rings is 1. The first-order chi connectivity index (χ1) is 9.12. The molecule has 4 nitrogen and oxygen atoms in total. The van der Waals surface area contributed by atoms with Crippen LogP contribution in [0.5, 0.6) is 5.75 Å². The Kier molecular flexibility index (Phi) is 3.98. The van der Waals surface area contributed by atoms with Gasteiger partial charge in [0, 0.05) is 19.7 Å². The van der Waals surface area contributed by atoms with Crippen LogP contribution in [0.2, 0.25) is 0 Å². The van der Waals surface area contributed by atoms with E-state index < -0.39 is 0 Å². The molecule has 1 heterocycles. The number of aryl methyl sites for hydroxylation is 1. The molecule has 0 N–H and O–H groups in total. The molecule has 104 valence electrons. The first kappa shape index (κ1) is 13.7. The summed E-state index contributed by atoms with van der Waals surface area (Å²) in [6.07, 6.45) is 2.17. The summed E-state index contributed by atoms with van der Waals surface area (Å²) >= 11 is 0. The van der Waals surface area contributed by atoms with Gasteiger partial charge in [-0.15, -0.1) is 0 Å². The normalized spacial score (nSPS) is 11.4. The SMILES string of the molecule is CCC(CC)Cn1c(=O)n(C)c2ccc(OC)cc21. The van der Waals surface area contributed by atoms with Crippen molar-refractivity contribution in [3.05, 3.63) is 28.7 Å². The lowest BCUT2D eigenvalue weighted by Crippen LogP contribution is -2.25. The van der Waals surface area contributed by atoms with Gasteiger partial charge in [-0.2, -0.15) is 0 Å². The highest BCUT2D eigenvalue weighted by Crippen LogP contribution is 2.21. The van der Waals surface area contributed by atoms with Gasteiger partial charge in [-0.1, -0.05) is 26.7 Å². The van der Waals surface area contributed by atoms with Gasteiger partial charge >= 0.3 is 5.69 Å². The molecule has 2 rings (SSSR count). The van der Waals surface area contributed by atoms with Gasteiger partial charge < -0.3 is 4.74 Å². The van der Waals surface area contributed by atoms with Crippen molar-refractivity contribution in [2.24, 2.45) is 13.0 Å². The van der Waals surface area contributed by atoms with Crippen LogP contribution in [0.3, 0.4) is 0 Å². The summed E-state index contributed by atoms with van der Waals surface area (Å²) in [5, 5.41) is 0. The van der Waals surface area contributed by atoms with Crippen LogP contribution in [0.4, 0.5) is 0 Å². The fourth-order valence-corrected chi connectivity index (χ4v) is 2.50. The van der Waals surface area contributed by atoms with Crippen LogP contribution in [0.25, 0.3) is 11.0 Å². The van der Waals surface area contributed by atoms with Gasteiger partial charge in [0.1, 0.15) is 5.75 Å². The Morgan fingerprint density at radius 1 is 1.21 bits per heavy atom. The molecule has 0 aliphatic heterocycles. The minimum atomic E-state index is 0.0511. The molecule has 0 atom stereocenters. The summed E-state index contributed by atoms with van der Waals surface area (Å²) < 4.78 is 8.84. The van der Waals surface area contributed by atoms with Crippen molar-refractivity contribution < 1.29 is 4.74 Å². The number of aromatic nitrogens is 2. The van der Waals surface area contributed by atoms with Crippen molar-refractivity contribution in [1.29, 1.82) is 0 Å². The third kappa shape index (κ3) is 2.39. The van der Waals surface area contributed by atoms with Crippen LogP contribution in [0.1, 0.15) is 26.7 Å². The Morgan fingerprint density at radius 3 is 2.47 bits per heavy atom. The van der Waals surface area contributed by atoms with E-state index in [0.29, 0.717) is 5.92 Å². The minimum absolute atomic E-state index is 0.0511. The number of nitrogens with zero attached hydrogens (tertiary/aromatic N) is 2. The lowest BCUT2D eigenvalue weighted by molar-refractivity contribution is 0.410. The molecule has 2 aromatic rings. The molecule has 0 saturated carbocycles. The minimum Gasteiger partial charge on any atom is -0.497 e. The molecule has 1 aromatic carbocycles. The number of benzene rings is 1. The Labute approximate surface area is 113 Å². The number of hydrogen-bond acceptors (Lipinski definition) is 2. The van der Waals surface area contributed by atoms with Gasteiger partial charge in [0.2, 0.25) is 0 Å². The zero-order chi connectivity index (χ0) is 14.0. The number of rotatable bonds is 5. The smallest absolute Gasteiger partial charge is 0.328 e. The molecule has 0 radical (unpaired) electrons. The third-order valence-electron chi connectivity index (χ3n) is 3.95. The van der Waals surface area contributed by atoms with E-state index >= 15 is 0 Å². The summed E-state index contributed by atoms with van der Waals surface area (Å²) in [4.78, 5) is 12.3. The van der Waals surface area contributed by atoms with E-state index in [1.54, 1.807) is 11.7 Å². The van der Waals surface area contributed by atoms with Crippen LogP contribution >= 0.6 is 0 Å². The van der Waals surface area contributed by atoms with Gasteiger partial charge in [-0.05, 0) is 18.1 Å². The predicted octanol–water partition coefficient (Wildman–Crippen LogP) is 2.78. The maximum absolute atomic E-state index is 12.3. The fourth-order valence-electron chi connectivity index (χ4n) is 2.50. The zero-order valence-corrected chi connectivity index (χ0v) is 12.1. The van der Waals surface area contributed by atoms with E-state index in [-0.39, 0.29) is 5.69 Å². The lowest BCUT2D eigenvalue weighted by atomic mass is 10.0. The monoisotopic (exact) mass is 262 g/mol. The highest BCUT2D eigenvalue weighted by molar-refractivity contribution is 5.77. The number of ether oxygens (including phenoxy) is 1. The molecule has 0 amide bonds. The first-order valence-corrected chi connectivity index (χ1v) is 6.85. The summed E-state index contributed by atoms with van der Waals surface area (Å²) in [6.45, 7) is 5.12. The zero-order valence-electron chi connectivity index (χ0n) is 12.1. The van der Waals surface area contributed by atoms with Crippen LogP contribution in [-0.2, 0) is 13.6 Å². The lowest BCUT2D eigenvalue weighted by Gasteiger charge is -2.13. The Hall–Kier alpha value is -1.71. The molecular formula is C15H22N2O2. The van der Waals surface area contributed by atoms with Crippen molar-refractivity contribution in [2.75, 3.05) is 7.11 Å². The Bertz CT molecular complexity index is 621. The highest BCUT2D eigenvalue weighted by atomic mass is 16.5. The number of hydrogen-bond donors (Lipinski definition) is 0. The van der Waals surface area contributed by atoms with Gasteiger partial charge in [-0.25, -0.2) is 4.79 Å². The molecule has 0 saturated heterocycles. The molecule has 0 aliphatic rings. The maximum Gasteiger partial charge on any atom is 0.328 e. The molecule has 19 heavy (non-hydrogen) atoms. The summed E-state index contributed by atoms with van der Waals surface area (Å²) in [5.41, 5.74) is 1.96. The molecule has 0 bridgehead atoms. The van der Waals surface area contributed by atoms with Crippen LogP contribution < -0.4 is 10.4 Å². The van der Waals surface area contributed by atoms with Gasteiger partial charge in [-0.3, -0.25) is 9.13 Å². The third-order valence-corrected chi connectivity index (χ3v) is 3.95. The van der Waals surface area contributed by atoms with E-state index in [2.05, 4.69) is 13.8 Å². The maximum atomic E-state index is 12.3. The average molecular weight is 262 g/mol. The standard InChI is InChI=1S/C15H22N2O2/c1-5-11(6-2)10-17-14-9-12(19-4)7-8-13(14)16(3)15(17)18/h7-9,11H,5-6,10H2,1-4H3.